The van der Waals surface area contributed by atoms with E-state index in [1.54, 1.807) is 24.5 Å². The van der Waals surface area contributed by atoms with Crippen molar-refractivity contribution in [3.05, 3.63) is 17.5 Å². The summed E-state index contributed by atoms with van der Waals surface area (Å²) >= 11 is 0. The standard InChI is InChI=1S/C12H21N3O3S/c1-4-15-12-10(6-13-15)7-14(19(16,17)5-2)8-11(12)9-18-3/h6,11H,4-5,7-9H2,1-3H3. The highest BCUT2D eigenvalue weighted by molar-refractivity contribution is 7.89. The van der Waals surface area contributed by atoms with E-state index in [-0.39, 0.29) is 11.7 Å². The average molecular weight is 287 g/mol. The minimum Gasteiger partial charge on any atom is -0.384 e. The van der Waals surface area contributed by atoms with Gasteiger partial charge in [0.05, 0.1) is 18.6 Å². The van der Waals surface area contributed by atoms with E-state index < -0.39 is 10.0 Å². The van der Waals surface area contributed by atoms with Crippen LogP contribution in [-0.2, 0) is 27.8 Å². The topological polar surface area (TPSA) is 64.4 Å². The second kappa shape index (κ2) is 5.60. The molecule has 0 aliphatic carbocycles. The molecule has 0 saturated carbocycles. The van der Waals surface area contributed by atoms with E-state index in [1.165, 1.54) is 0 Å². The lowest BCUT2D eigenvalue weighted by Gasteiger charge is -2.32. The number of ether oxygens (including phenoxy) is 1. The smallest absolute Gasteiger partial charge is 0.214 e. The molecule has 1 aliphatic rings. The highest BCUT2D eigenvalue weighted by Crippen LogP contribution is 2.30. The Balaban J connectivity index is 2.37. The van der Waals surface area contributed by atoms with Gasteiger partial charge in [-0.25, -0.2) is 8.42 Å². The SMILES string of the molecule is CCn1ncc2c1C(COC)CN(S(=O)(=O)CC)C2. The van der Waals surface area contributed by atoms with E-state index >= 15 is 0 Å². The molecule has 1 aromatic heterocycles. The van der Waals surface area contributed by atoms with Gasteiger partial charge in [-0.2, -0.15) is 9.40 Å². The summed E-state index contributed by atoms with van der Waals surface area (Å²) in [6.07, 6.45) is 1.78. The van der Waals surface area contributed by atoms with Gasteiger partial charge in [0.1, 0.15) is 0 Å². The van der Waals surface area contributed by atoms with Crippen LogP contribution in [0.1, 0.15) is 31.0 Å². The molecule has 19 heavy (non-hydrogen) atoms. The summed E-state index contributed by atoms with van der Waals surface area (Å²) in [5, 5.41) is 4.33. The number of aryl methyl sites for hydroxylation is 1. The van der Waals surface area contributed by atoms with Gasteiger partial charge in [0, 0.05) is 43.9 Å². The van der Waals surface area contributed by atoms with Crippen molar-refractivity contribution in [2.45, 2.75) is 32.9 Å². The van der Waals surface area contributed by atoms with Gasteiger partial charge in [0.25, 0.3) is 0 Å². The third kappa shape index (κ3) is 2.68. The van der Waals surface area contributed by atoms with Crippen molar-refractivity contribution in [1.82, 2.24) is 14.1 Å². The molecule has 0 aromatic carbocycles. The van der Waals surface area contributed by atoms with Crippen LogP contribution in [0.4, 0.5) is 0 Å². The zero-order valence-electron chi connectivity index (χ0n) is 11.7. The van der Waals surface area contributed by atoms with E-state index in [9.17, 15) is 8.42 Å². The van der Waals surface area contributed by atoms with Crippen molar-refractivity contribution >= 4 is 10.0 Å². The lowest BCUT2D eigenvalue weighted by Crippen LogP contribution is -2.40. The molecule has 1 unspecified atom stereocenters. The van der Waals surface area contributed by atoms with Gasteiger partial charge in [0.2, 0.25) is 10.0 Å². The Bertz CT molecular complexity index is 538. The molecule has 2 rings (SSSR count). The van der Waals surface area contributed by atoms with Gasteiger partial charge in [-0.05, 0) is 13.8 Å². The lowest BCUT2D eigenvalue weighted by atomic mass is 9.98. The first-order valence-electron chi connectivity index (χ1n) is 6.54. The minimum absolute atomic E-state index is 0.0533. The van der Waals surface area contributed by atoms with E-state index in [0.29, 0.717) is 19.7 Å². The van der Waals surface area contributed by atoms with E-state index in [4.69, 9.17) is 4.74 Å². The van der Waals surface area contributed by atoms with Crippen molar-refractivity contribution < 1.29 is 13.2 Å². The third-order valence-electron chi connectivity index (χ3n) is 3.54. The Morgan fingerprint density at radius 2 is 2.21 bits per heavy atom. The molecule has 0 fully saturated rings. The third-order valence-corrected chi connectivity index (χ3v) is 5.34. The molecule has 7 heteroatoms. The van der Waals surface area contributed by atoms with Crippen LogP contribution < -0.4 is 0 Å². The summed E-state index contributed by atoms with van der Waals surface area (Å²) in [4.78, 5) is 0. The van der Waals surface area contributed by atoms with E-state index in [1.807, 2.05) is 11.6 Å². The van der Waals surface area contributed by atoms with Gasteiger partial charge in [0.15, 0.2) is 0 Å². The first-order chi connectivity index (χ1) is 9.03. The number of fused-ring (bicyclic) bond motifs is 1. The summed E-state index contributed by atoms with van der Waals surface area (Å²) in [5.41, 5.74) is 2.11. The largest absolute Gasteiger partial charge is 0.384 e. The van der Waals surface area contributed by atoms with Gasteiger partial charge < -0.3 is 4.74 Å². The van der Waals surface area contributed by atoms with Gasteiger partial charge >= 0.3 is 0 Å². The molecule has 1 aliphatic heterocycles. The first kappa shape index (κ1) is 14.5. The van der Waals surface area contributed by atoms with Crippen molar-refractivity contribution in [3.63, 3.8) is 0 Å². The van der Waals surface area contributed by atoms with Crippen LogP contribution in [0.15, 0.2) is 6.20 Å². The Morgan fingerprint density at radius 1 is 1.47 bits per heavy atom. The van der Waals surface area contributed by atoms with Crippen molar-refractivity contribution in [2.75, 3.05) is 26.0 Å². The van der Waals surface area contributed by atoms with Crippen LogP contribution in [-0.4, -0.2) is 48.5 Å². The second-order valence-corrected chi connectivity index (χ2v) is 6.97. The van der Waals surface area contributed by atoms with Crippen LogP contribution in [0.2, 0.25) is 0 Å². The summed E-state index contributed by atoms with van der Waals surface area (Å²) in [6, 6.07) is 0. The molecule has 1 aromatic rings. The molecule has 0 N–H and O–H groups in total. The molecule has 108 valence electrons. The molecule has 0 bridgehead atoms. The molecule has 2 heterocycles. The van der Waals surface area contributed by atoms with E-state index in [0.717, 1.165) is 17.8 Å². The van der Waals surface area contributed by atoms with Crippen molar-refractivity contribution in [1.29, 1.82) is 0 Å². The molecule has 1 atom stereocenters. The average Bonchev–Trinajstić information content (AvgIpc) is 2.82. The fraction of sp³-hybridized carbons (Fsp3) is 0.750. The summed E-state index contributed by atoms with van der Waals surface area (Å²) in [6.45, 7) is 5.90. The predicted molar refractivity (Wildman–Crippen MR) is 72.4 cm³/mol. The molecule has 0 amide bonds. The quantitative estimate of drug-likeness (QED) is 0.803. The highest BCUT2D eigenvalue weighted by atomic mass is 32.2. The molecular weight excluding hydrogens is 266 g/mol. The summed E-state index contributed by atoms with van der Waals surface area (Å²) in [7, 11) is -1.53. The molecular formula is C12H21N3O3S. The van der Waals surface area contributed by atoms with Gasteiger partial charge in [-0.3, -0.25) is 4.68 Å². The van der Waals surface area contributed by atoms with Crippen LogP contribution in [0, 0.1) is 0 Å². The number of nitrogens with zero attached hydrogens (tertiary/aromatic N) is 3. The zero-order chi connectivity index (χ0) is 14.0. The van der Waals surface area contributed by atoms with Crippen molar-refractivity contribution in [3.8, 4) is 0 Å². The predicted octanol–water partition coefficient (Wildman–Crippen LogP) is 0.798. The maximum atomic E-state index is 12.0. The Morgan fingerprint density at radius 3 is 2.79 bits per heavy atom. The second-order valence-electron chi connectivity index (χ2n) is 4.72. The number of methoxy groups -OCH3 is 1. The minimum atomic E-state index is -3.17. The highest BCUT2D eigenvalue weighted by Gasteiger charge is 2.33. The maximum absolute atomic E-state index is 12.0. The molecule has 6 nitrogen and oxygen atoms in total. The van der Waals surface area contributed by atoms with Gasteiger partial charge in [-0.1, -0.05) is 0 Å². The summed E-state index contributed by atoms with van der Waals surface area (Å²) in [5.74, 6) is 0.182. The monoisotopic (exact) mass is 287 g/mol. The fourth-order valence-corrected chi connectivity index (χ4v) is 3.70. The number of hydrogen-bond donors (Lipinski definition) is 0. The van der Waals surface area contributed by atoms with Crippen LogP contribution in [0.25, 0.3) is 0 Å². The van der Waals surface area contributed by atoms with Gasteiger partial charge in [-0.15, -0.1) is 0 Å². The van der Waals surface area contributed by atoms with Crippen LogP contribution in [0.5, 0.6) is 0 Å². The Labute approximate surface area is 114 Å². The van der Waals surface area contributed by atoms with Crippen LogP contribution in [0.3, 0.4) is 0 Å². The fourth-order valence-electron chi connectivity index (χ4n) is 2.59. The first-order valence-corrected chi connectivity index (χ1v) is 8.15. The number of hydrogen-bond acceptors (Lipinski definition) is 4. The molecule has 0 spiro atoms. The number of sulfonamides is 1. The Hall–Kier alpha value is -0.920. The molecule has 0 radical (unpaired) electrons. The summed E-state index contributed by atoms with van der Waals surface area (Å²) < 4.78 is 32.8. The zero-order valence-corrected chi connectivity index (χ0v) is 12.5. The maximum Gasteiger partial charge on any atom is 0.214 e. The molecule has 0 saturated heterocycles. The van der Waals surface area contributed by atoms with E-state index in [2.05, 4.69) is 5.10 Å². The van der Waals surface area contributed by atoms with Crippen LogP contribution >= 0.6 is 0 Å². The Kier molecular flexibility index (Phi) is 4.27. The number of rotatable bonds is 5. The number of aromatic nitrogens is 2. The normalized spacial score (nSPS) is 20.5. The van der Waals surface area contributed by atoms with Crippen molar-refractivity contribution in [2.24, 2.45) is 0 Å². The lowest BCUT2D eigenvalue weighted by molar-refractivity contribution is 0.159.